The standard InChI is InChI=1S/C20H22N2O2S3/c1-9(2)25-5-6-26-20-22-13-4-3-10(7-14(13)27-20)21-19(24)17-12-8-11-15(17)16(11)18(12)23/h3-4,7,9,11-12,15-17H,5-6,8H2,1-2H3,(H,21,24). The Hall–Kier alpha value is -1.05. The van der Waals surface area contributed by atoms with E-state index in [4.69, 9.17) is 0 Å². The van der Waals surface area contributed by atoms with Crippen LogP contribution in [0.4, 0.5) is 5.69 Å². The molecule has 4 bridgehead atoms. The second-order valence-electron chi connectivity index (χ2n) is 7.96. The molecule has 27 heavy (non-hydrogen) atoms. The fraction of sp³-hybridized carbons (Fsp3) is 0.550. The van der Waals surface area contributed by atoms with Gasteiger partial charge in [0.25, 0.3) is 0 Å². The van der Waals surface area contributed by atoms with Gasteiger partial charge >= 0.3 is 0 Å². The summed E-state index contributed by atoms with van der Waals surface area (Å²) in [6.45, 7) is 4.44. The number of carbonyl (C=O) groups is 2. The van der Waals surface area contributed by atoms with Crippen LogP contribution in [-0.4, -0.2) is 33.4 Å². The Morgan fingerprint density at radius 1 is 1.37 bits per heavy atom. The number of nitrogens with zero attached hydrogens (tertiary/aromatic N) is 1. The van der Waals surface area contributed by atoms with E-state index in [0.29, 0.717) is 22.9 Å². The van der Waals surface area contributed by atoms with Crippen LogP contribution in [0.1, 0.15) is 20.3 Å². The number of thiazole rings is 1. The third-order valence-electron chi connectivity index (χ3n) is 6.00. The molecule has 142 valence electrons. The second kappa shape index (κ2) is 6.78. The van der Waals surface area contributed by atoms with E-state index in [-0.39, 0.29) is 23.7 Å². The predicted octanol–water partition coefficient (Wildman–Crippen LogP) is 4.55. The van der Waals surface area contributed by atoms with Gasteiger partial charge in [-0.1, -0.05) is 25.6 Å². The number of hydrogen-bond donors (Lipinski definition) is 1. The number of anilines is 1. The molecule has 0 spiro atoms. The number of aromatic nitrogens is 1. The van der Waals surface area contributed by atoms with Gasteiger partial charge in [-0.05, 0) is 41.7 Å². The summed E-state index contributed by atoms with van der Waals surface area (Å²) in [7, 11) is 0. The Labute approximate surface area is 171 Å². The molecule has 7 heteroatoms. The van der Waals surface area contributed by atoms with Gasteiger partial charge in [0.2, 0.25) is 5.91 Å². The lowest BCUT2D eigenvalue weighted by Gasteiger charge is -2.13. The zero-order valence-electron chi connectivity index (χ0n) is 15.3. The molecule has 1 amide bonds. The van der Waals surface area contributed by atoms with Gasteiger partial charge in [-0.3, -0.25) is 9.59 Å². The summed E-state index contributed by atoms with van der Waals surface area (Å²) in [5, 5.41) is 3.73. The van der Waals surface area contributed by atoms with Crippen LogP contribution in [0, 0.1) is 29.6 Å². The highest BCUT2D eigenvalue weighted by atomic mass is 32.2. The van der Waals surface area contributed by atoms with Crippen LogP contribution in [0.15, 0.2) is 22.5 Å². The van der Waals surface area contributed by atoms with Crippen molar-refractivity contribution in [3.05, 3.63) is 18.2 Å². The number of thioether (sulfide) groups is 2. The molecule has 1 aromatic heterocycles. The van der Waals surface area contributed by atoms with Crippen molar-refractivity contribution in [2.45, 2.75) is 29.9 Å². The summed E-state index contributed by atoms with van der Waals surface area (Å²) in [5.41, 5.74) is 1.80. The van der Waals surface area contributed by atoms with E-state index in [1.807, 2.05) is 30.0 Å². The molecule has 1 aromatic carbocycles. The second-order valence-corrected chi connectivity index (χ2v) is 12.0. The van der Waals surface area contributed by atoms with Crippen LogP contribution in [0.3, 0.4) is 0 Å². The Morgan fingerprint density at radius 2 is 2.22 bits per heavy atom. The number of benzene rings is 1. The van der Waals surface area contributed by atoms with Gasteiger partial charge in [-0.2, -0.15) is 11.8 Å². The average Bonchev–Trinajstić information content (AvgIpc) is 2.99. The van der Waals surface area contributed by atoms with Crippen molar-refractivity contribution in [1.82, 2.24) is 4.98 Å². The lowest BCUT2D eigenvalue weighted by atomic mass is 9.96. The molecule has 4 fully saturated rings. The highest BCUT2D eigenvalue weighted by Gasteiger charge is 2.75. The summed E-state index contributed by atoms with van der Waals surface area (Å²) in [6, 6.07) is 5.92. The van der Waals surface area contributed by atoms with Gasteiger partial charge in [0.05, 0.1) is 16.1 Å². The molecule has 2 aromatic rings. The number of hydrogen-bond acceptors (Lipinski definition) is 6. The molecular weight excluding hydrogens is 396 g/mol. The maximum atomic E-state index is 12.7. The molecule has 5 unspecified atom stereocenters. The number of ketones is 1. The van der Waals surface area contributed by atoms with E-state index in [1.54, 1.807) is 23.1 Å². The predicted molar refractivity (Wildman–Crippen MR) is 114 cm³/mol. The quantitative estimate of drug-likeness (QED) is 0.528. The number of rotatable bonds is 7. The molecule has 0 radical (unpaired) electrons. The van der Waals surface area contributed by atoms with E-state index in [0.717, 1.165) is 38.2 Å². The van der Waals surface area contributed by atoms with Crippen molar-refractivity contribution < 1.29 is 9.59 Å². The fourth-order valence-electron chi connectivity index (χ4n) is 4.88. The minimum atomic E-state index is -0.0887. The van der Waals surface area contributed by atoms with Gasteiger partial charge < -0.3 is 5.32 Å². The molecule has 5 atom stereocenters. The maximum absolute atomic E-state index is 12.7. The lowest BCUT2D eigenvalue weighted by Crippen LogP contribution is -2.27. The summed E-state index contributed by atoms with van der Waals surface area (Å²) in [4.78, 5) is 29.5. The molecule has 4 aliphatic rings. The topological polar surface area (TPSA) is 59.1 Å². The molecule has 1 heterocycles. The highest BCUT2D eigenvalue weighted by Crippen LogP contribution is 2.71. The first kappa shape index (κ1) is 18.0. The van der Waals surface area contributed by atoms with Gasteiger partial charge in [-0.15, -0.1) is 11.3 Å². The van der Waals surface area contributed by atoms with Gasteiger partial charge in [0.15, 0.2) is 4.34 Å². The molecule has 4 aliphatic carbocycles. The van der Waals surface area contributed by atoms with Gasteiger partial charge in [0.1, 0.15) is 5.78 Å². The molecule has 4 nitrogen and oxygen atoms in total. The summed E-state index contributed by atoms with van der Waals surface area (Å²) >= 11 is 5.46. The van der Waals surface area contributed by atoms with E-state index >= 15 is 0 Å². The Bertz CT molecular complexity index is 925. The fourth-order valence-corrected chi connectivity index (χ4v) is 7.90. The number of carbonyl (C=O) groups excluding carboxylic acids is 2. The molecule has 0 aliphatic heterocycles. The normalized spacial score (nSPS) is 30.5. The SMILES string of the molecule is CC(C)SCCSc1nc2ccc(NC(=O)C3C4CC5C(C4=O)C53)cc2s1. The monoisotopic (exact) mass is 418 g/mol. The minimum absolute atomic E-state index is 0.0103. The van der Waals surface area contributed by atoms with Crippen molar-refractivity contribution in [3.63, 3.8) is 0 Å². The first-order valence-corrected chi connectivity index (χ1v) is 12.4. The van der Waals surface area contributed by atoms with E-state index in [2.05, 4.69) is 24.1 Å². The Kier molecular flexibility index (Phi) is 4.52. The number of Topliss-reactive ketones (excluding diaryl/α,β-unsaturated/α-hetero) is 1. The van der Waals surface area contributed by atoms with Crippen LogP contribution in [0.25, 0.3) is 10.2 Å². The van der Waals surface area contributed by atoms with E-state index in [9.17, 15) is 9.59 Å². The van der Waals surface area contributed by atoms with Crippen molar-refractivity contribution in [2.24, 2.45) is 29.6 Å². The first-order chi connectivity index (χ1) is 13.0. The van der Waals surface area contributed by atoms with Crippen molar-refractivity contribution in [3.8, 4) is 0 Å². The average molecular weight is 419 g/mol. The third-order valence-corrected chi connectivity index (χ3v) is 9.52. The zero-order chi connectivity index (χ0) is 18.7. The summed E-state index contributed by atoms with van der Waals surface area (Å²) in [5.74, 6) is 3.53. The highest BCUT2D eigenvalue weighted by molar-refractivity contribution is 8.04. The van der Waals surface area contributed by atoms with E-state index in [1.165, 1.54) is 0 Å². The van der Waals surface area contributed by atoms with Crippen LogP contribution < -0.4 is 5.32 Å². The van der Waals surface area contributed by atoms with Gasteiger partial charge in [-0.25, -0.2) is 4.98 Å². The van der Waals surface area contributed by atoms with Crippen LogP contribution in [0.2, 0.25) is 0 Å². The maximum Gasteiger partial charge on any atom is 0.228 e. The smallest absolute Gasteiger partial charge is 0.228 e. The molecule has 6 rings (SSSR count). The molecule has 1 N–H and O–H groups in total. The van der Waals surface area contributed by atoms with Crippen molar-refractivity contribution in [2.75, 3.05) is 16.8 Å². The summed E-state index contributed by atoms with van der Waals surface area (Å²) in [6.07, 6.45) is 0.940. The third kappa shape index (κ3) is 3.12. The van der Waals surface area contributed by atoms with Crippen LogP contribution >= 0.6 is 34.9 Å². The van der Waals surface area contributed by atoms with Crippen molar-refractivity contribution >= 4 is 62.5 Å². The largest absolute Gasteiger partial charge is 0.326 e. The molecular formula is C20H22N2O2S3. The zero-order valence-corrected chi connectivity index (χ0v) is 17.8. The van der Waals surface area contributed by atoms with E-state index < -0.39 is 0 Å². The van der Waals surface area contributed by atoms with Gasteiger partial charge in [0, 0.05) is 29.0 Å². The molecule has 0 saturated heterocycles. The van der Waals surface area contributed by atoms with Crippen LogP contribution in [-0.2, 0) is 9.59 Å². The number of amides is 1. The lowest BCUT2D eigenvalue weighted by molar-refractivity contribution is -0.126. The Balaban J connectivity index is 1.24. The number of nitrogens with one attached hydrogen (secondary N) is 1. The molecule has 4 saturated carbocycles. The summed E-state index contributed by atoms with van der Waals surface area (Å²) < 4.78 is 2.18. The van der Waals surface area contributed by atoms with Crippen molar-refractivity contribution in [1.29, 1.82) is 0 Å². The first-order valence-electron chi connectivity index (χ1n) is 9.52. The van der Waals surface area contributed by atoms with Crippen LogP contribution in [0.5, 0.6) is 0 Å². The minimum Gasteiger partial charge on any atom is -0.326 e. The number of fused-ring (bicyclic) bond motifs is 1. The Morgan fingerprint density at radius 3 is 2.89 bits per heavy atom.